The first kappa shape index (κ1) is 14.2. The highest BCUT2D eigenvalue weighted by molar-refractivity contribution is 6.30. The second-order valence-corrected chi connectivity index (χ2v) is 5.07. The van der Waals surface area contributed by atoms with Crippen LogP contribution in [0.5, 0.6) is 5.75 Å². The molecule has 1 atom stereocenters. The number of aliphatic hydroxyl groups excluding tert-OH is 1. The second-order valence-electron chi connectivity index (χ2n) is 4.20. The zero-order valence-corrected chi connectivity index (χ0v) is 11.7. The molecule has 1 unspecified atom stereocenters. The van der Waals surface area contributed by atoms with E-state index >= 15 is 0 Å². The van der Waals surface area contributed by atoms with Gasteiger partial charge in [0, 0.05) is 16.0 Å². The van der Waals surface area contributed by atoms with Crippen molar-refractivity contribution >= 4 is 23.2 Å². The Kier molecular flexibility index (Phi) is 5.08. The molecule has 0 radical (unpaired) electrons. The average Bonchev–Trinajstić information content (AvgIpc) is 2.41. The Hall–Kier alpha value is -1.22. The lowest BCUT2D eigenvalue weighted by molar-refractivity contribution is 0.205. The van der Waals surface area contributed by atoms with Gasteiger partial charge in [0.05, 0.1) is 13.2 Å². The third-order valence-corrected chi connectivity index (χ3v) is 3.30. The average molecular weight is 297 g/mol. The van der Waals surface area contributed by atoms with E-state index in [9.17, 15) is 5.11 Å². The Morgan fingerprint density at radius 2 is 1.74 bits per heavy atom. The standard InChI is InChI=1S/C15H14Cl2O2/c16-13-6-4-11(5-7-13)12(9-18)10-19-15-3-1-2-14(17)8-15/h1-8,12,18H,9-10H2. The predicted octanol–water partition coefficient (Wildman–Crippen LogP) is 4.15. The molecule has 19 heavy (non-hydrogen) atoms. The largest absolute Gasteiger partial charge is 0.493 e. The number of benzene rings is 2. The van der Waals surface area contributed by atoms with Crippen molar-refractivity contribution in [1.82, 2.24) is 0 Å². The van der Waals surface area contributed by atoms with Crippen molar-refractivity contribution in [2.75, 3.05) is 13.2 Å². The molecule has 2 nitrogen and oxygen atoms in total. The van der Waals surface area contributed by atoms with Gasteiger partial charge in [0.2, 0.25) is 0 Å². The quantitative estimate of drug-likeness (QED) is 0.898. The summed E-state index contributed by atoms with van der Waals surface area (Å²) >= 11 is 11.7. The van der Waals surface area contributed by atoms with Gasteiger partial charge in [-0.15, -0.1) is 0 Å². The van der Waals surface area contributed by atoms with Crippen LogP contribution in [0.15, 0.2) is 48.5 Å². The number of hydrogen-bond donors (Lipinski definition) is 1. The minimum absolute atomic E-state index is 0.0161. The lowest BCUT2D eigenvalue weighted by atomic mass is 10.0. The van der Waals surface area contributed by atoms with Gasteiger partial charge >= 0.3 is 0 Å². The Balaban J connectivity index is 2.01. The number of ether oxygens (including phenoxy) is 1. The molecule has 100 valence electrons. The summed E-state index contributed by atoms with van der Waals surface area (Å²) in [5, 5.41) is 10.7. The molecule has 0 aliphatic heterocycles. The summed E-state index contributed by atoms with van der Waals surface area (Å²) in [5.74, 6) is 0.608. The van der Waals surface area contributed by atoms with Crippen LogP contribution in [-0.2, 0) is 0 Å². The summed E-state index contributed by atoms with van der Waals surface area (Å²) in [6, 6.07) is 14.6. The fourth-order valence-corrected chi connectivity index (χ4v) is 2.05. The summed E-state index contributed by atoms with van der Waals surface area (Å²) in [6.07, 6.45) is 0. The topological polar surface area (TPSA) is 29.5 Å². The molecule has 0 amide bonds. The molecule has 2 aromatic carbocycles. The van der Waals surface area contributed by atoms with E-state index in [0.29, 0.717) is 22.4 Å². The van der Waals surface area contributed by atoms with Crippen molar-refractivity contribution in [3.8, 4) is 5.75 Å². The van der Waals surface area contributed by atoms with Crippen LogP contribution in [-0.4, -0.2) is 18.3 Å². The van der Waals surface area contributed by atoms with E-state index in [1.165, 1.54) is 0 Å². The van der Waals surface area contributed by atoms with Gasteiger partial charge in [-0.05, 0) is 35.9 Å². The maximum absolute atomic E-state index is 9.44. The summed E-state index contributed by atoms with van der Waals surface area (Å²) < 4.78 is 5.65. The van der Waals surface area contributed by atoms with Gasteiger partial charge in [0.1, 0.15) is 5.75 Å². The molecule has 0 heterocycles. The van der Waals surface area contributed by atoms with Crippen molar-refractivity contribution in [2.45, 2.75) is 5.92 Å². The van der Waals surface area contributed by atoms with Crippen LogP contribution in [0.25, 0.3) is 0 Å². The Morgan fingerprint density at radius 1 is 1.00 bits per heavy atom. The summed E-state index contributed by atoms with van der Waals surface area (Å²) in [5.41, 5.74) is 0.994. The van der Waals surface area contributed by atoms with Crippen LogP contribution < -0.4 is 4.74 Å². The first-order chi connectivity index (χ1) is 9.19. The van der Waals surface area contributed by atoms with Gasteiger partial charge in [-0.25, -0.2) is 0 Å². The van der Waals surface area contributed by atoms with E-state index in [0.717, 1.165) is 5.56 Å². The molecule has 0 spiro atoms. The van der Waals surface area contributed by atoms with Gasteiger partial charge in [0.25, 0.3) is 0 Å². The molecular formula is C15H14Cl2O2. The molecule has 2 aromatic rings. The van der Waals surface area contributed by atoms with Crippen LogP contribution >= 0.6 is 23.2 Å². The van der Waals surface area contributed by atoms with E-state index in [1.54, 1.807) is 24.3 Å². The third-order valence-electron chi connectivity index (χ3n) is 2.81. The van der Waals surface area contributed by atoms with E-state index in [-0.39, 0.29) is 12.5 Å². The molecule has 0 saturated heterocycles. The Bertz CT molecular complexity index is 526. The Labute approximate surface area is 122 Å². The van der Waals surface area contributed by atoms with Crippen molar-refractivity contribution in [3.63, 3.8) is 0 Å². The van der Waals surface area contributed by atoms with E-state index in [4.69, 9.17) is 27.9 Å². The lowest BCUT2D eigenvalue weighted by Gasteiger charge is -2.16. The fraction of sp³-hybridized carbons (Fsp3) is 0.200. The fourth-order valence-electron chi connectivity index (χ4n) is 1.74. The van der Waals surface area contributed by atoms with Gasteiger partial charge in [-0.2, -0.15) is 0 Å². The summed E-state index contributed by atoms with van der Waals surface area (Å²) in [4.78, 5) is 0. The molecule has 2 rings (SSSR count). The van der Waals surface area contributed by atoms with Crippen molar-refractivity contribution in [1.29, 1.82) is 0 Å². The molecular weight excluding hydrogens is 283 g/mol. The first-order valence-electron chi connectivity index (χ1n) is 5.93. The third kappa shape index (κ3) is 4.13. The maximum atomic E-state index is 9.44. The first-order valence-corrected chi connectivity index (χ1v) is 6.69. The van der Waals surface area contributed by atoms with E-state index in [1.807, 2.05) is 24.3 Å². The van der Waals surface area contributed by atoms with Gasteiger partial charge in [-0.1, -0.05) is 41.4 Å². The molecule has 0 aliphatic carbocycles. The lowest BCUT2D eigenvalue weighted by Crippen LogP contribution is -2.14. The van der Waals surface area contributed by atoms with Crippen LogP contribution in [0.4, 0.5) is 0 Å². The van der Waals surface area contributed by atoms with E-state index in [2.05, 4.69) is 0 Å². The highest BCUT2D eigenvalue weighted by Gasteiger charge is 2.11. The smallest absolute Gasteiger partial charge is 0.120 e. The molecule has 0 aliphatic rings. The number of rotatable bonds is 5. The summed E-state index contributed by atoms with van der Waals surface area (Å²) in [7, 11) is 0. The van der Waals surface area contributed by atoms with Crippen LogP contribution in [0.3, 0.4) is 0 Å². The van der Waals surface area contributed by atoms with Crippen LogP contribution in [0, 0.1) is 0 Å². The van der Waals surface area contributed by atoms with Gasteiger partial charge < -0.3 is 9.84 Å². The monoisotopic (exact) mass is 296 g/mol. The number of aliphatic hydroxyl groups is 1. The minimum Gasteiger partial charge on any atom is -0.493 e. The van der Waals surface area contributed by atoms with E-state index < -0.39 is 0 Å². The SMILES string of the molecule is OCC(COc1cccc(Cl)c1)c1ccc(Cl)cc1. The van der Waals surface area contributed by atoms with Crippen molar-refractivity contribution in [2.24, 2.45) is 0 Å². The van der Waals surface area contributed by atoms with Crippen LogP contribution in [0.2, 0.25) is 10.0 Å². The Morgan fingerprint density at radius 3 is 2.37 bits per heavy atom. The predicted molar refractivity (Wildman–Crippen MR) is 78.2 cm³/mol. The molecule has 0 aromatic heterocycles. The second kappa shape index (κ2) is 6.80. The highest BCUT2D eigenvalue weighted by atomic mass is 35.5. The molecule has 4 heteroatoms. The maximum Gasteiger partial charge on any atom is 0.120 e. The van der Waals surface area contributed by atoms with Gasteiger partial charge in [0.15, 0.2) is 0 Å². The molecule has 0 saturated carbocycles. The zero-order valence-electron chi connectivity index (χ0n) is 10.2. The number of halogens is 2. The molecule has 0 bridgehead atoms. The zero-order chi connectivity index (χ0) is 13.7. The highest BCUT2D eigenvalue weighted by Crippen LogP contribution is 2.22. The van der Waals surface area contributed by atoms with Crippen LogP contribution in [0.1, 0.15) is 11.5 Å². The normalized spacial score (nSPS) is 12.2. The van der Waals surface area contributed by atoms with Gasteiger partial charge in [-0.3, -0.25) is 0 Å². The molecule has 0 fully saturated rings. The van der Waals surface area contributed by atoms with Crippen molar-refractivity contribution in [3.05, 3.63) is 64.1 Å². The summed E-state index contributed by atoms with van der Waals surface area (Å²) in [6.45, 7) is 0.403. The number of hydrogen-bond acceptors (Lipinski definition) is 2. The minimum atomic E-state index is -0.0868. The van der Waals surface area contributed by atoms with Crippen molar-refractivity contribution < 1.29 is 9.84 Å². The molecule has 1 N–H and O–H groups in total.